The molecular formula is C9H7BrF2O3. The van der Waals surface area contributed by atoms with E-state index < -0.39 is 12.6 Å². The Morgan fingerprint density at radius 1 is 1.53 bits per heavy atom. The number of aliphatic carboxylic acids is 1. The van der Waals surface area contributed by atoms with Crippen molar-refractivity contribution in [3.05, 3.63) is 28.2 Å². The van der Waals surface area contributed by atoms with E-state index >= 15 is 0 Å². The summed E-state index contributed by atoms with van der Waals surface area (Å²) in [5.74, 6) is -1.22. The first-order valence-electron chi connectivity index (χ1n) is 3.94. The third kappa shape index (κ3) is 3.83. The lowest BCUT2D eigenvalue weighted by atomic mass is 10.1. The average molecular weight is 281 g/mol. The fourth-order valence-electron chi connectivity index (χ4n) is 1.06. The summed E-state index contributed by atoms with van der Waals surface area (Å²) in [4.78, 5) is 10.5. The van der Waals surface area contributed by atoms with Crippen molar-refractivity contribution in [1.29, 1.82) is 0 Å². The lowest BCUT2D eigenvalue weighted by molar-refractivity contribution is -0.136. The molecule has 0 fully saturated rings. The van der Waals surface area contributed by atoms with Gasteiger partial charge < -0.3 is 9.84 Å². The van der Waals surface area contributed by atoms with Crippen LogP contribution >= 0.6 is 15.9 Å². The van der Waals surface area contributed by atoms with Gasteiger partial charge in [-0.2, -0.15) is 8.78 Å². The molecule has 82 valence electrons. The first-order chi connectivity index (χ1) is 6.99. The van der Waals surface area contributed by atoms with Gasteiger partial charge in [-0.25, -0.2) is 0 Å². The second kappa shape index (κ2) is 5.06. The Morgan fingerprint density at radius 3 is 2.73 bits per heavy atom. The van der Waals surface area contributed by atoms with Crippen LogP contribution in [0.4, 0.5) is 8.78 Å². The number of alkyl halides is 2. The molecule has 0 atom stereocenters. The highest BCUT2D eigenvalue weighted by molar-refractivity contribution is 9.10. The monoisotopic (exact) mass is 280 g/mol. The molecule has 0 aromatic heterocycles. The molecule has 6 heteroatoms. The van der Waals surface area contributed by atoms with Gasteiger partial charge in [-0.3, -0.25) is 4.79 Å². The minimum absolute atomic E-state index is 0.115. The fraction of sp³-hybridized carbons (Fsp3) is 0.222. The van der Waals surface area contributed by atoms with Crippen LogP contribution in [0, 0.1) is 0 Å². The van der Waals surface area contributed by atoms with E-state index in [4.69, 9.17) is 5.11 Å². The van der Waals surface area contributed by atoms with Crippen molar-refractivity contribution in [2.45, 2.75) is 13.0 Å². The van der Waals surface area contributed by atoms with Crippen LogP contribution < -0.4 is 4.74 Å². The van der Waals surface area contributed by atoms with Crippen molar-refractivity contribution < 1.29 is 23.4 Å². The van der Waals surface area contributed by atoms with Crippen molar-refractivity contribution in [3.63, 3.8) is 0 Å². The van der Waals surface area contributed by atoms with Crippen LogP contribution in [0.25, 0.3) is 0 Å². The number of hydrogen-bond donors (Lipinski definition) is 1. The minimum Gasteiger partial charge on any atom is -0.481 e. The van der Waals surface area contributed by atoms with Gasteiger partial charge in [0, 0.05) is 10.0 Å². The van der Waals surface area contributed by atoms with E-state index in [0.29, 0.717) is 4.47 Å². The van der Waals surface area contributed by atoms with E-state index in [2.05, 4.69) is 20.7 Å². The Balaban J connectivity index is 2.97. The third-order valence-electron chi connectivity index (χ3n) is 1.58. The lowest BCUT2D eigenvalue weighted by Crippen LogP contribution is -2.07. The highest BCUT2D eigenvalue weighted by Gasteiger charge is 2.12. The van der Waals surface area contributed by atoms with Gasteiger partial charge in [0.1, 0.15) is 5.75 Å². The quantitative estimate of drug-likeness (QED) is 0.922. The largest absolute Gasteiger partial charge is 0.481 e. The van der Waals surface area contributed by atoms with Gasteiger partial charge in [-0.1, -0.05) is 15.9 Å². The maximum Gasteiger partial charge on any atom is 0.387 e. The highest BCUT2D eigenvalue weighted by atomic mass is 79.9. The second-order valence-electron chi connectivity index (χ2n) is 2.70. The van der Waals surface area contributed by atoms with E-state index in [1.165, 1.54) is 18.2 Å². The number of rotatable bonds is 4. The molecule has 1 N–H and O–H groups in total. The standard InChI is InChI=1S/C9H7BrF2O3/c10-6-1-2-7(15-9(11)12)5(3-6)4-8(13)14/h1-3,9H,4H2,(H,13,14). The summed E-state index contributed by atoms with van der Waals surface area (Å²) < 4.78 is 28.7. The molecule has 0 aliphatic rings. The minimum atomic E-state index is -2.96. The molecule has 1 aromatic carbocycles. The molecule has 0 unspecified atom stereocenters. The number of carboxylic acid groups (broad SMARTS) is 1. The van der Waals surface area contributed by atoms with Crippen molar-refractivity contribution in [2.75, 3.05) is 0 Å². The van der Waals surface area contributed by atoms with Crippen LogP contribution in [0.3, 0.4) is 0 Å². The van der Waals surface area contributed by atoms with Crippen molar-refractivity contribution in [3.8, 4) is 5.75 Å². The van der Waals surface area contributed by atoms with E-state index in [-0.39, 0.29) is 17.7 Å². The van der Waals surface area contributed by atoms with Gasteiger partial charge in [-0.05, 0) is 18.2 Å². The molecule has 0 heterocycles. The molecule has 0 aliphatic carbocycles. The number of benzene rings is 1. The van der Waals surface area contributed by atoms with Crippen molar-refractivity contribution >= 4 is 21.9 Å². The van der Waals surface area contributed by atoms with Gasteiger partial charge in [0.15, 0.2) is 0 Å². The van der Waals surface area contributed by atoms with Gasteiger partial charge in [-0.15, -0.1) is 0 Å². The molecule has 3 nitrogen and oxygen atoms in total. The molecule has 1 aromatic rings. The van der Waals surface area contributed by atoms with E-state index in [9.17, 15) is 13.6 Å². The molecule has 15 heavy (non-hydrogen) atoms. The van der Waals surface area contributed by atoms with Gasteiger partial charge in [0.25, 0.3) is 0 Å². The number of halogens is 3. The topological polar surface area (TPSA) is 46.5 Å². The SMILES string of the molecule is O=C(O)Cc1cc(Br)ccc1OC(F)F. The molecular weight excluding hydrogens is 274 g/mol. The van der Waals surface area contributed by atoms with Crippen LogP contribution in [0.5, 0.6) is 5.75 Å². The summed E-state index contributed by atoms with van der Waals surface area (Å²) >= 11 is 3.12. The predicted octanol–water partition coefficient (Wildman–Crippen LogP) is 2.68. The molecule has 0 bridgehead atoms. The lowest BCUT2D eigenvalue weighted by Gasteiger charge is -2.09. The molecule has 1 rings (SSSR count). The molecule has 0 spiro atoms. The Kier molecular flexibility index (Phi) is 4.02. The maximum absolute atomic E-state index is 12.0. The fourth-order valence-corrected chi connectivity index (χ4v) is 1.47. The number of carbonyl (C=O) groups is 1. The van der Waals surface area contributed by atoms with E-state index in [1.54, 1.807) is 0 Å². The highest BCUT2D eigenvalue weighted by Crippen LogP contribution is 2.25. The number of ether oxygens (including phenoxy) is 1. The van der Waals surface area contributed by atoms with Gasteiger partial charge >= 0.3 is 12.6 Å². The molecule has 0 amide bonds. The Bertz CT molecular complexity index is 368. The zero-order valence-electron chi connectivity index (χ0n) is 7.41. The molecule has 0 saturated heterocycles. The third-order valence-corrected chi connectivity index (χ3v) is 2.07. The Labute approximate surface area is 92.8 Å². The van der Waals surface area contributed by atoms with E-state index in [1.807, 2.05) is 0 Å². The van der Waals surface area contributed by atoms with Crippen LogP contribution in [-0.2, 0) is 11.2 Å². The van der Waals surface area contributed by atoms with Crippen molar-refractivity contribution in [2.24, 2.45) is 0 Å². The summed E-state index contributed by atoms with van der Waals surface area (Å²) in [6.45, 7) is -2.96. The maximum atomic E-state index is 12.0. The van der Waals surface area contributed by atoms with Crippen LogP contribution in [-0.4, -0.2) is 17.7 Å². The molecule has 0 saturated carbocycles. The smallest absolute Gasteiger partial charge is 0.387 e. The Hall–Kier alpha value is -1.17. The second-order valence-corrected chi connectivity index (χ2v) is 3.62. The normalized spacial score (nSPS) is 10.4. The molecule has 0 aliphatic heterocycles. The predicted molar refractivity (Wildman–Crippen MR) is 52.1 cm³/mol. The first kappa shape index (κ1) is 11.9. The average Bonchev–Trinajstić information content (AvgIpc) is 2.08. The summed E-state index contributed by atoms with van der Waals surface area (Å²) in [5.41, 5.74) is 0.206. The summed E-state index contributed by atoms with van der Waals surface area (Å²) in [6.07, 6.45) is -0.360. The van der Waals surface area contributed by atoms with Crippen LogP contribution in [0.2, 0.25) is 0 Å². The number of carboxylic acids is 1. The van der Waals surface area contributed by atoms with E-state index in [0.717, 1.165) is 0 Å². The Morgan fingerprint density at radius 2 is 2.20 bits per heavy atom. The van der Waals surface area contributed by atoms with Crippen LogP contribution in [0.1, 0.15) is 5.56 Å². The zero-order valence-corrected chi connectivity index (χ0v) is 9.00. The van der Waals surface area contributed by atoms with Crippen molar-refractivity contribution in [1.82, 2.24) is 0 Å². The summed E-state index contributed by atoms with van der Waals surface area (Å²) in [5, 5.41) is 8.56. The van der Waals surface area contributed by atoms with Crippen LogP contribution in [0.15, 0.2) is 22.7 Å². The number of hydrogen-bond acceptors (Lipinski definition) is 2. The molecule has 0 radical (unpaired) electrons. The summed E-state index contributed by atoms with van der Waals surface area (Å²) in [7, 11) is 0. The summed E-state index contributed by atoms with van der Waals surface area (Å²) in [6, 6.07) is 4.24. The van der Waals surface area contributed by atoms with Gasteiger partial charge in [0.2, 0.25) is 0 Å². The zero-order chi connectivity index (χ0) is 11.4. The first-order valence-corrected chi connectivity index (χ1v) is 4.73. The van der Waals surface area contributed by atoms with Gasteiger partial charge in [0.05, 0.1) is 6.42 Å².